The van der Waals surface area contributed by atoms with Gasteiger partial charge in [0.15, 0.2) is 0 Å². The summed E-state index contributed by atoms with van der Waals surface area (Å²) in [6, 6.07) is 30.5. The molecule has 0 fully saturated rings. The van der Waals surface area contributed by atoms with E-state index >= 15 is 0 Å². The molecule has 9 heteroatoms. The highest BCUT2D eigenvalue weighted by Crippen LogP contribution is 2.27. The number of nitrogens with zero attached hydrogens (tertiary/aromatic N) is 2. The highest BCUT2D eigenvalue weighted by molar-refractivity contribution is 7.92. The van der Waals surface area contributed by atoms with Gasteiger partial charge >= 0.3 is 0 Å². The average Bonchev–Trinajstić information content (AvgIpc) is 3.03. The number of benzene rings is 4. The third-order valence-corrected chi connectivity index (χ3v) is 9.60. The lowest BCUT2D eigenvalue weighted by atomic mass is 10.0. The fourth-order valence-corrected chi connectivity index (χ4v) is 6.46. The Morgan fingerprint density at radius 3 is 2.14 bits per heavy atom. The van der Waals surface area contributed by atoms with Gasteiger partial charge in [-0.05, 0) is 67.3 Å². The Kier molecular flexibility index (Phi) is 11.2. The van der Waals surface area contributed by atoms with Gasteiger partial charge in [-0.1, -0.05) is 97.4 Å². The van der Waals surface area contributed by atoms with Gasteiger partial charge in [-0.3, -0.25) is 13.9 Å². The first-order valence-corrected chi connectivity index (χ1v) is 16.4. The molecule has 0 aliphatic carbocycles. The number of carbonyl (C=O) groups is 2. The maximum Gasteiger partial charge on any atom is 0.264 e. The van der Waals surface area contributed by atoms with Crippen LogP contribution in [0, 0.1) is 6.92 Å². The molecule has 0 saturated heterocycles. The summed E-state index contributed by atoms with van der Waals surface area (Å²) in [5.74, 6) is -0.821. The van der Waals surface area contributed by atoms with E-state index in [4.69, 9.17) is 11.6 Å². The summed E-state index contributed by atoms with van der Waals surface area (Å²) >= 11 is 6.28. The summed E-state index contributed by atoms with van der Waals surface area (Å²) in [5.41, 5.74) is 2.93. The molecule has 0 aromatic heterocycles. The number of hydrogen-bond acceptors (Lipinski definition) is 4. The lowest BCUT2D eigenvalue weighted by Gasteiger charge is -2.34. The molecule has 4 aromatic rings. The van der Waals surface area contributed by atoms with Crippen molar-refractivity contribution in [3.63, 3.8) is 0 Å². The van der Waals surface area contributed by atoms with Crippen LogP contribution in [0.1, 0.15) is 37.0 Å². The minimum Gasteiger partial charge on any atom is -0.352 e. The predicted octanol–water partition coefficient (Wildman–Crippen LogP) is 6.40. The molecule has 7 nitrogen and oxygen atoms in total. The van der Waals surface area contributed by atoms with Crippen LogP contribution < -0.4 is 9.62 Å². The molecule has 1 N–H and O–H groups in total. The molecule has 0 aliphatic rings. The molecule has 4 rings (SSSR count). The quantitative estimate of drug-likeness (QED) is 0.185. The van der Waals surface area contributed by atoms with Crippen molar-refractivity contribution in [2.45, 2.75) is 57.1 Å². The van der Waals surface area contributed by atoms with Gasteiger partial charge in [0.2, 0.25) is 11.8 Å². The van der Waals surface area contributed by atoms with E-state index in [9.17, 15) is 18.0 Å². The number of nitrogens with one attached hydrogen (secondary N) is 1. The zero-order chi connectivity index (χ0) is 31.7. The van der Waals surface area contributed by atoms with Gasteiger partial charge in [0.05, 0.1) is 10.6 Å². The highest BCUT2D eigenvalue weighted by atomic mass is 35.5. The van der Waals surface area contributed by atoms with Crippen LogP contribution in [-0.2, 0) is 32.6 Å². The largest absolute Gasteiger partial charge is 0.352 e. The Bertz CT molecular complexity index is 1670. The number of halogens is 1. The van der Waals surface area contributed by atoms with Gasteiger partial charge in [-0.15, -0.1) is 0 Å². The van der Waals surface area contributed by atoms with E-state index in [1.165, 1.54) is 23.1 Å². The van der Waals surface area contributed by atoms with Crippen molar-refractivity contribution in [2.24, 2.45) is 0 Å². The van der Waals surface area contributed by atoms with Crippen molar-refractivity contribution >= 4 is 39.1 Å². The molecular weight excluding hydrogens is 594 g/mol. The van der Waals surface area contributed by atoms with Crippen molar-refractivity contribution < 1.29 is 18.0 Å². The van der Waals surface area contributed by atoms with E-state index in [0.717, 1.165) is 21.0 Å². The number of amides is 2. The number of aryl methyl sites for hydroxylation is 1. The molecule has 2 atom stereocenters. The van der Waals surface area contributed by atoms with Crippen LogP contribution in [0.5, 0.6) is 0 Å². The van der Waals surface area contributed by atoms with E-state index in [1.54, 1.807) is 36.4 Å². The Hall–Kier alpha value is -4.14. The molecule has 0 saturated carbocycles. The van der Waals surface area contributed by atoms with E-state index in [0.29, 0.717) is 11.4 Å². The first-order chi connectivity index (χ1) is 21.1. The van der Waals surface area contributed by atoms with Gasteiger partial charge < -0.3 is 10.2 Å². The fourth-order valence-electron chi connectivity index (χ4n) is 4.85. The fraction of sp³-hybridized carbons (Fsp3) is 0.257. The van der Waals surface area contributed by atoms with Crippen LogP contribution in [0.3, 0.4) is 0 Å². The second-order valence-electron chi connectivity index (χ2n) is 10.8. The molecule has 2 amide bonds. The van der Waals surface area contributed by atoms with E-state index < -0.39 is 28.5 Å². The highest BCUT2D eigenvalue weighted by Gasteiger charge is 2.35. The molecule has 0 spiro atoms. The number of anilines is 1. The summed E-state index contributed by atoms with van der Waals surface area (Å²) < 4.78 is 29.1. The average molecular weight is 632 g/mol. The summed E-state index contributed by atoms with van der Waals surface area (Å²) in [7, 11) is -4.18. The predicted molar refractivity (Wildman–Crippen MR) is 176 cm³/mol. The standard InChI is InChI=1S/C35H38ClN3O4S/c1-4-27(3)37-35(41)33(22-28-15-7-5-8-16-28)38(24-29-17-12-11-14-26(29)2)34(40)25-39(31-19-13-18-30(36)23-31)44(42,43)32-20-9-6-10-21-32/h5-21,23,27,33H,4,22,24-25H2,1-3H3,(H,37,41)/t27-,33+/m1/s1. The molecule has 0 bridgehead atoms. The van der Waals surface area contributed by atoms with Crippen LogP contribution in [0.2, 0.25) is 5.02 Å². The molecule has 44 heavy (non-hydrogen) atoms. The monoisotopic (exact) mass is 631 g/mol. The van der Waals surface area contributed by atoms with E-state index in [2.05, 4.69) is 5.32 Å². The minimum atomic E-state index is -4.18. The second-order valence-corrected chi connectivity index (χ2v) is 13.1. The van der Waals surface area contributed by atoms with E-state index in [-0.39, 0.29) is 35.5 Å². The second kappa shape index (κ2) is 15.0. The van der Waals surface area contributed by atoms with Gasteiger partial charge in [0.25, 0.3) is 10.0 Å². The number of rotatable bonds is 13. The SMILES string of the molecule is CC[C@@H](C)NC(=O)[C@H](Cc1ccccc1)N(Cc1ccccc1C)C(=O)CN(c1cccc(Cl)c1)S(=O)(=O)c1ccccc1. The molecule has 0 radical (unpaired) electrons. The number of carbonyl (C=O) groups excluding carboxylic acids is 2. The first kappa shape index (κ1) is 32.8. The maximum atomic E-state index is 14.5. The molecule has 0 aliphatic heterocycles. The Morgan fingerprint density at radius 1 is 0.864 bits per heavy atom. The van der Waals surface area contributed by atoms with Crippen LogP contribution in [-0.4, -0.2) is 43.8 Å². The number of hydrogen-bond donors (Lipinski definition) is 1. The van der Waals surface area contributed by atoms with Crippen molar-refractivity contribution in [2.75, 3.05) is 10.8 Å². The lowest BCUT2D eigenvalue weighted by molar-refractivity contribution is -0.140. The van der Waals surface area contributed by atoms with Gasteiger partial charge in [-0.25, -0.2) is 8.42 Å². The smallest absolute Gasteiger partial charge is 0.264 e. The Balaban J connectivity index is 1.81. The molecule has 4 aromatic carbocycles. The Morgan fingerprint density at radius 2 is 1.50 bits per heavy atom. The van der Waals surface area contributed by atoms with Crippen molar-refractivity contribution in [1.82, 2.24) is 10.2 Å². The maximum absolute atomic E-state index is 14.5. The summed E-state index contributed by atoms with van der Waals surface area (Å²) in [5, 5.41) is 3.38. The molecule has 0 heterocycles. The van der Waals surface area contributed by atoms with E-state index in [1.807, 2.05) is 75.4 Å². The summed E-state index contributed by atoms with van der Waals surface area (Å²) in [4.78, 5) is 29.9. The zero-order valence-electron chi connectivity index (χ0n) is 25.2. The van der Waals surface area contributed by atoms with Crippen LogP contribution in [0.15, 0.2) is 114 Å². The number of sulfonamides is 1. The third-order valence-electron chi connectivity index (χ3n) is 7.58. The van der Waals surface area contributed by atoms with Gasteiger partial charge in [0, 0.05) is 24.0 Å². The van der Waals surface area contributed by atoms with Crippen LogP contribution >= 0.6 is 11.6 Å². The molecule has 0 unspecified atom stereocenters. The topological polar surface area (TPSA) is 86.8 Å². The van der Waals surface area contributed by atoms with Crippen molar-refractivity contribution in [3.05, 3.63) is 131 Å². The van der Waals surface area contributed by atoms with Crippen LogP contribution in [0.25, 0.3) is 0 Å². The van der Waals surface area contributed by atoms with Gasteiger partial charge in [0.1, 0.15) is 12.6 Å². The Labute approximate surface area is 265 Å². The summed E-state index contributed by atoms with van der Waals surface area (Å²) in [6.45, 7) is 5.42. The minimum absolute atomic E-state index is 0.0357. The van der Waals surface area contributed by atoms with Gasteiger partial charge in [-0.2, -0.15) is 0 Å². The van der Waals surface area contributed by atoms with Crippen LogP contribution in [0.4, 0.5) is 5.69 Å². The normalized spacial score (nSPS) is 12.6. The summed E-state index contributed by atoms with van der Waals surface area (Å²) in [6.07, 6.45) is 0.969. The van der Waals surface area contributed by atoms with Crippen molar-refractivity contribution in [3.8, 4) is 0 Å². The zero-order valence-corrected chi connectivity index (χ0v) is 26.8. The molecular formula is C35H38ClN3O4S. The third kappa shape index (κ3) is 8.27. The first-order valence-electron chi connectivity index (χ1n) is 14.6. The molecule has 230 valence electrons. The van der Waals surface area contributed by atoms with Crippen molar-refractivity contribution in [1.29, 1.82) is 0 Å². The lowest BCUT2D eigenvalue weighted by Crippen LogP contribution is -2.54.